The predicted molar refractivity (Wildman–Crippen MR) is 79.6 cm³/mol. The molecule has 0 aliphatic carbocycles. The maximum atomic E-state index is 11.9. The number of carbonyl (C=O) groups excluding carboxylic acids is 1. The van der Waals surface area contributed by atoms with Crippen LogP contribution in [0.25, 0.3) is 0 Å². The van der Waals surface area contributed by atoms with Crippen molar-refractivity contribution in [2.75, 3.05) is 32.6 Å². The van der Waals surface area contributed by atoms with E-state index in [-0.39, 0.29) is 5.97 Å². The van der Waals surface area contributed by atoms with Gasteiger partial charge in [-0.15, -0.1) is 0 Å². The molecular formula is C14H27NO3S. The van der Waals surface area contributed by atoms with Crippen LogP contribution in [0.5, 0.6) is 0 Å². The fraction of sp³-hybridized carbons (Fsp3) is 0.929. The number of hydrogen-bond donors (Lipinski definition) is 1. The first kappa shape index (κ1) is 16.8. The summed E-state index contributed by atoms with van der Waals surface area (Å²) in [5.74, 6) is 1.000. The molecular weight excluding hydrogens is 262 g/mol. The Kier molecular flexibility index (Phi) is 7.80. The SMILES string of the molecule is CCCNC(C)(CCCCSC1COC1)C(=O)OC. The summed E-state index contributed by atoms with van der Waals surface area (Å²) in [5.41, 5.74) is -0.533. The predicted octanol–water partition coefficient (Wildman–Crippen LogP) is 2.22. The lowest BCUT2D eigenvalue weighted by atomic mass is 9.95. The van der Waals surface area contributed by atoms with Gasteiger partial charge in [0.25, 0.3) is 0 Å². The first-order valence-electron chi connectivity index (χ1n) is 7.15. The van der Waals surface area contributed by atoms with E-state index in [9.17, 15) is 4.79 Å². The van der Waals surface area contributed by atoms with E-state index in [0.717, 1.165) is 51.2 Å². The van der Waals surface area contributed by atoms with E-state index in [1.165, 1.54) is 7.11 Å². The Morgan fingerprint density at radius 2 is 2.21 bits per heavy atom. The Labute approximate surface area is 121 Å². The molecule has 1 saturated heterocycles. The van der Waals surface area contributed by atoms with Crippen molar-refractivity contribution >= 4 is 17.7 Å². The molecule has 1 rings (SSSR count). The minimum atomic E-state index is -0.533. The van der Waals surface area contributed by atoms with Gasteiger partial charge in [0, 0.05) is 0 Å². The number of methoxy groups -OCH3 is 1. The zero-order chi connectivity index (χ0) is 14.1. The third kappa shape index (κ3) is 5.71. The zero-order valence-electron chi connectivity index (χ0n) is 12.4. The Morgan fingerprint density at radius 3 is 2.74 bits per heavy atom. The van der Waals surface area contributed by atoms with Gasteiger partial charge in [-0.1, -0.05) is 13.3 Å². The van der Waals surface area contributed by atoms with E-state index >= 15 is 0 Å². The molecule has 0 saturated carbocycles. The molecule has 112 valence electrons. The summed E-state index contributed by atoms with van der Waals surface area (Å²) in [6.45, 7) is 6.70. The van der Waals surface area contributed by atoms with Crippen molar-refractivity contribution in [3.05, 3.63) is 0 Å². The van der Waals surface area contributed by atoms with E-state index in [0.29, 0.717) is 5.25 Å². The number of ether oxygens (including phenoxy) is 2. The first-order chi connectivity index (χ1) is 9.12. The highest BCUT2D eigenvalue weighted by Crippen LogP contribution is 2.22. The average Bonchev–Trinajstić information content (AvgIpc) is 2.37. The standard InChI is InChI=1S/C14H27NO3S/c1-4-8-15-14(2,13(16)17-3)7-5-6-9-19-12-10-18-11-12/h12,15H,4-11H2,1-3H3. The van der Waals surface area contributed by atoms with Crippen LogP contribution >= 0.6 is 11.8 Å². The molecule has 19 heavy (non-hydrogen) atoms. The molecule has 1 heterocycles. The smallest absolute Gasteiger partial charge is 0.325 e. The lowest BCUT2D eigenvalue weighted by Crippen LogP contribution is -2.50. The summed E-state index contributed by atoms with van der Waals surface area (Å²) < 4.78 is 10.1. The number of esters is 1. The van der Waals surface area contributed by atoms with Crippen molar-refractivity contribution in [3.8, 4) is 0 Å². The third-order valence-corrected chi connectivity index (χ3v) is 4.70. The van der Waals surface area contributed by atoms with E-state index in [4.69, 9.17) is 9.47 Å². The Morgan fingerprint density at radius 1 is 1.47 bits per heavy atom. The van der Waals surface area contributed by atoms with Crippen LogP contribution in [0.4, 0.5) is 0 Å². The fourth-order valence-electron chi connectivity index (χ4n) is 2.03. The zero-order valence-corrected chi connectivity index (χ0v) is 13.2. The third-order valence-electron chi connectivity index (χ3n) is 3.43. The highest BCUT2D eigenvalue weighted by molar-refractivity contribution is 8.00. The molecule has 1 aliphatic heterocycles. The van der Waals surface area contributed by atoms with Gasteiger partial charge >= 0.3 is 5.97 Å². The molecule has 4 nitrogen and oxygen atoms in total. The van der Waals surface area contributed by atoms with E-state index < -0.39 is 5.54 Å². The van der Waals surface area contributed by atoms with Crippen molar-refractivity contribution in [2.45, 2.75) is 50.3 Å². The molecule has 0 spiro atoms. The van der Waals surface area contributed by atoms with Crippen LogP contribution in [0.2, 0.25) is 0 Å². The van der Waals surface area contributed by atoms with Crippen molar-refractivity contribution in [3.63, 3.8) is 0 Å². The second kappa shape index (κ2) is 8.82. The largest absolute Gasteiger partial charge is 0.468 e. The van der Waals surface area contributed by atoms with Crippen molar-refractivity contribution in [1.29, 1.82) is 0 Å². The van der Waals surface area contributed by atoms with Gasteiger partial charge in [0.05, 0.1) is 25.6 Å². The van der Waals surface area contributed by atoms with Crippen LogP contribution in [0.1, 0.15) is 39.5 Å². The molecule has 0 aromatic heterocycles. The number of unbranched alkanes of at least 4 members (excludes halogenated alkanes) is 1. The topological polar surface area (TPSA) is 47.6 Å². The summed E-state index contributed by atoms with van der Waals surface area (Å²) >= 11 is 1.98. The molecule has 0 radical (unpaired) electrons. The normalized spacial score (nSPS) is 18.7. The van der Waals surface area contributed by atoms with Crippen LogP contribution in [-0.2, 0) is 14.3 Å². The molecule has 5 heteroatoms. The van der Waals surface area contributed by atoms with Crippen molar-refractivity contribution < 1.29 is 14.3 Å². The monoisotopic (exact) mass is 289 g/mol. The summed E-state index contributed by atoms with van der Waals surface area (Å²) in [4.78, 5) is 11.9. The molecule has 0 amide bonds. The molecule has 1 atom stereocenters. The number of nitrogens with one attached hydrogen (secondary N) is 1. The van der Waals surface area contributed by atoms with Crippen LogP contribution < -0.4 is 5.32 Å². The van der Waals surface area contributed by atoms with Crippen LogP contribution in [0.15, 0.2) is 0 Å². The Balaban J connectivity index is 2.20. The molecule has 1 aliphatic rings. The molecule has 0 aromatic carbocycles. The quantitative estimate of drug-likeness (QED) is 0.493. The van der Waals surface area contributed by atoms with Crippen LogP contribution in [0, 0.1) is 0 Å². The fourth-order valence-corrected chi connectivity index (χ4v) is 3.12. The summed E-state index contributed by atoms with van der Waals surface area (Å²) in [5, 5.41) is 4.02. The van der Waals surface area contributed by atoms with Gasteiger partial charge in [-0.2, -0.15) is 11.8 Å². The molecule has 1 N–H and O–H groups in total. The van der Waals surface area contributed by atoms with Crippen molar-refractivity contribution in [2.24, 2.45) is 0 Å². The summed E-state index contributed by atoms with van der Waals surface area (Å²) in [6.07, 6.45) is 4.04. The number of thioether (sulfide) groups is 1. The maximum Gasteiger partial charge on any atom is 0.325 e. The number of rotatable bonds is 10. The molecule has 1 unspecified atom stereocenters. The lowest BCUT2D eigenvalue weighted by molar-refractivity contribution is -0.148. The average molecular weight is 289 g/mol. The van der Waals surface area contributed by atoms with Gasteiger partial charge in [-0.25, -0.2) is 0 Å². The van der Waals surface area contributed by atoms with E-state index in [2.05, 4.69) is 12.2 Å². The summed E-state index contributed by atoms with van der Waals surface area (Å²) in [6, 6.07) is 0. The van der Waals surface area contributed by atoms with Gasteiger partial charge < -0.3 is 14.8 Å². The lowest BCUT2D eigenvalue weighted by Gasteiger charge is -2.28. The molecule has 1 fully saturated rings. The van der Waals surface area contributed by atoms with Crippen LogP contribution in [-0.4, -0.2) is 49.4 Å². The summed E-state index contributed by atoms with van der Waals surface area (Å²) in [7, 11) is 1.46. The molecule has 0 aromatic rings. The maximum absolute atomic E-state index is 11.9. The first-order valence-corrected chi connectivity index (χ1v) is 8.20. The van der Waals surface area contributed by atoms with Gasteiger partial charge in [-0.05, 0) is 38.5 Å². The highest BCUT2D eigenvalue weighted by atomic mass is 32.2. The Hall–Kier alpha value is -0.260. The second-order valence-corrected chi connectivity index (χ2v) is 6.65. The Bertz CT molecular complexity index is 271. The van der Waals surface area contributed by atoms with Gasteiger partial charge in [0.2, 0.25) is 0 Å². The van der Waals surface area contributed by atoms with E-state index in [1.807, 2.05) is 18.7 Å². The van der Waals surface area contributed by atoms with Gasteiger partial charge in [0.15, 0.2) is 0 Å². The van der Waals surface area contributed by atoms with Gasteiger partial charge in [-0.3, -0.25) is 4.79 Å². The minimum Gasteiger partial charge on any atom is -0.468 e. The second-order valence-electron chi connectivity index (χ2n) is 5.24. The number of carbonyl (C=O) groups is 1. The number of hydrogen-bond acceptors (Lipinski definition) is 5. The minimum absolute atomic E-state index is 0.152. The van der Waals surface area contributed by atoms with E-state index in [1.54, 1.807) is 0 Å². The van der Waals surface area contributed by atoms with Crippen molar-refractivity contribution in [1.82, 2.24) is 5.32 Å². The van der Waals surface area contributed by atoms with Gasteiger partial charge in [0.1, 0.15) is 5.54 Å². The highest BCUT2D eigenvalue weighted by Gasteiger charge is 2.32. The molecule has 0 bridgehead atoms. The van der Waals surface area contributed by atoms with Crippen LogP contribution in [0.3, 0.4) is 0 Å².